The first-order valence-electron chi connectivity index (χ1n) is 10.2. The topological polar surface area (TPSA) is 88.1 Å². The van der Waals surface area contributed by atoms with Gasteiger partial charge in [0.25, 0.3) is 0 Å². The fraction of sp³-hybridized carbons (Fsp3) is 0.381. The van der Waals surface area contributed by atoms with Crippen LogP contribution in [0.3, 0.4) is 0 Å². The van der Waals surface area contributed by atoms with E-state index in [0.29, 0.717) is 47.6 Å². The van der Waals surface area contributed by atoms with Crippen LogP contribution in [0.2, 0.25) is 0 Å². The van der Waals surface area contributed by atoms with Crippen LogP contribution in [-0.2, 0) is 9.84 Å². The van der Waals surface area contributed by atoms with E-state index in [1.54, 1.807) is 0 Å². The summed E-state index contributed by atoms with van der Waals surface area (Å²) in [7, 11) is -3.04. The fourth-order valence-electron chi connectivity index (χ4n) is 4.43. The number of nitrogens with one attached hydrogen (secondary N) is 1. The summed E-state index contributed by atoms with van der Waals surface area (Å²) in [6.45, 7) is 0.663. The molecule has 10 heteroatoms. The summed E-state index contributed by atoms with van der Waals surface area (Å²) in [6, 6.07) is 6.60. The highest BCUT2D eigenvalue weighted by Crippen LogP contribution is 2.37. The average molecular weight is 445 g/mol. The second-order valence-corrected chi connectivity index (χ2v) is 10.2. The molecule has 0 amide bonds. The minimum absolute atomic E-state index is 0.0607. The summed E-state index contributed by atoms with van der Waals surface area (Å²) in [5.41, 5.74) is 1.46. The molecule has 2 aromatic heterocycles. The zero-order valence-corrected chi connectivity index (χ0v) is 17.4. The molecule has 1 aromatic carbocycles. The normalized spacial score (nSPS) is 22.8. The summed E-state index contributed by atoms with van der Waals surface area (Å²) < 4.78 is 51.8. The van der Waals surface area contributed by atoms with Crippen molar-refractivity contribution < 1.29 is 17.2 Å². The van der Waals surface area contributed by atoms with Gasteiger partial charge in [0.05, 0.1) is 23.1 Å². The number of benzene rings is 1. The van der Waals surface area contributed by atoms with Gasteiger partial charge in [0.2, 0.25) is 0 Å². The SMILES string of the molecule is O=S1(=O)CCC(Nc2ncnc3ccc(N4CCC[C@@H]4c4cc(F)ccc4F)nc23)C1. The molecule has 3 aromatic rings. The third kappa shape index (κ3) is 3.91. The van der Waals surface area contributed by atoms with Crippen molar-refractivity contribution in [3.63, 3.8) is 0 Å². The first kappa shape index (κ1) is 20.0. The molecule has 2 saturated heterocycles. The summed E-state index contributed by atoms with van der Waals surface area (Å²) >= 11 is 0. The average Bonchev–Trinajstić information content (AvgIpc) is 3.36. The van der Waals surface area contributed by atoms with Gasteiger partial charge >= 0.3 is 0 Å². The van der Waals surface area contributed by atoms with Crippen molar-refractivity contribution in [2.75, 3.05) is 28.3 Å². The van der Waals surface area contributed by atoms with Crippen molar-refractivity contribution in [3.8, 4) is 0 Å². The Morgan fingerprint density at radius 3 is 2.77 bits per heavy atom. The highest BCUT2D eigenvalue weighted by Gasteiger charge is 2.31. The Labute approximate surface area is 178 Å². The maximum atomic E-state index is 14.4. The van der Waals surface area contributed by atoms with Gasteiger partial charge in [-0.25, -0.2) is 32.2 Å². The van der Waals surface area contributed by atoms with Crippen molar-refractivity contribution >= 4 is 32.5 Å². The number of halogens is 2. The maximum Gasteiger partial charge on any atom is 0.156 e. The quantitative estimate of drug-likeness (QED) is 0.660. The molecule has 1 unspecified atom stereocenters. The minimum Gasteiger partial charge on any atom is -0.364 e. The summed E-state index contributed by atoms with van der Waals surface area (Å²) in [6.07, 6.45) is 3.45. The molecule has 162 valence electrons. The highest BCUT2D eigenvalue weighted by molar-refractivity contribution is 7.91. The van der Waals surface area contributed by atoms with E-state index in [9.17, 15) is 17.2 Å². The molecule has 2 aliphatic heterocycles. The van der Waals surface area contributed by atoms with Crippen molar-refractivity contribution in [2.24, 2.45) is 0 Å². The molecule has 2 fully saturated rings. The minimum atomic E-state index is -3.04. The zero-order chi connectivity index (χ0) is 21.6. The predicted molar refractivity (Wildman–Crippen MR) is 114 cm³/mol. The van der Waals surface area contributed by atoms with Crippen molar-refractivity contribution in [1.82, 2.24) is 15.0 Å². The Hall–Kier alpha value is -2.88. The number of sulfone groups is 1. The molecule has 2 atom stereocenters. The van der Waals surface area contributed by atoms with Crippen LogP contribution in [0.15, 0.2) is 36.7 Å². The lowest BCUT2D eigenvalue weighted by Gasteiger charge is -2.27. The monoisotopic (exact) mass is 445 g/mol. The van der Waals surface area contributed by atoms with Crippen LogP contribution in [0.5, 0.6) is 0 Å². The lowest BCUT2D eigenvalue weighted by molar-refractivity contribution is 0.560. The van der Waals surface area contributed by atoms with Crippen molar-refractivity contribution in [2.45, 2.75) is 31.3 Å². The van der Waals surface area contributed by atoms with E-state index >= 15 is 0 Å². The van der Waals surface area contributed by atoms with Gasteiger partial charge in [0, 0.05) is 18.2 Å². The first-order chi connectivity index (χ1) is 14.9. The standard InChI is InChI=1S/C21H21F2N5O2S/c22-13-3-4-16(23)15(10-13)18-2-1-8-28(18)19-6-5-17-20(27-19)21(25-12-24-17)26-14-7-9-31(29,30)11-14/h3-6,10,12,14,18H,1-2,7-9,11H2,(H,24,25,26)/t14?,18-/m1/s1. The summed E-state index contributed by atoms with van der Waals surface area (Å²) in [5, 5.41) is 3.20. The van der Waals surface area contributed by atoms with Crippen LogP contribution in [0, 0.1) is 11.6 Å². The van der Waals surface area contributed by atoms with Crippen LogP contribution in [0.4, 0.5) is 20.4 Å². The lowest BCUT2D eigenvalue weighted by Crippen LogP contribution is -2.25. The number of fused-ring (bicyclic) bond motifs is 1. The molecular formula is C21H21F2N5O2S. The second-order valence-electron chi connectivity index (χ2n) is 8.02. The second kappa shape index (κ2) is 7.67. The van der Waals surface area contributed by atoms with Crippen LogP contribution >= 0.6 is 0 Å². The molecule has 31 heavy (non-hydrogen) atoms. The Balaban J connectivity index is 1.49. The van der Waals surface area contributed by atoms with Crippen molar-refractivity contribution in [1.29, 1.82) is 0 Å². The van der Waals surface area contributed by atoms with E-state index in [1.807, 2.05) is 17.0 Å². The van der Waals surface area contributed by atoms with Crippen LogP contribution in [-0.4, -0.2) is 47.5 Å². The summed E-state index contributed by atoms with van der Waals surface area (Å²) in [5.74, 6) is 0.400. The smallest absolute Gasteiger partial charge is 0.156 e. The number of anilines is 2. The van der Waals surface area contributed by atoms with Gasteiger partial charge in [-0.2, -0.15) is 0 Å². The lowest BCUT2D eigenvalue weighted by atomic mass is 10.0. The predicted octanol–water partition coefficient (Wildman–Crippen LogP) is 3.24. The fourth-order valence-corrected chi connectivity index (χ4v) is 6.11. The molecule has 0 bridgehead atoms. The number of nitrogens with zero attached hydrogens (tertiary/aromatic N) is 4. The molecule has 4 heterocycles. The number of hydrogen-bond donors (Lipinski definition) is 1. The number of hydrogen-bond acceptors (Lipinski definition) is 7. The van der Waals surface area contributed by atoms with Gasteiger partial charge in [-0.15, -0.1) is 0 Å². The van der Waals surface area contributed by atoms with E-state index < -0.39 is 21.5 Å². The van der Waals surface area contributed by atoms with Gasteiger partial charge < -0.3 is 10.2 Å². The Morgan fingerprint density at radius 1 is 1.10 bits per heavy atom. The molecule has 0 spiro atoms. The van der Waals surface area contributed by atoms with Crippen LogP contribution in [0.1, 0.15) is 30.9 Å². The van der Waals surface area contributed by atoms with Crippen LogP contribution < -0.4 is 10.2 Å². The molecule has 0 aliphatic carbocycles. The molecular weight excluding hydrogens is 424 g/mol. The van der Waals surface area contributed by atoms with E-state index in [1.165, 1.54) is 12.4 Å². The Morgan fingerprint density at radius 2 is 1.97 bits per heavy atom. The molecule has 7 nitrogen and oxygen atoms in total. The van der Waals surface area contributed by atoms with E-state index in [4.69, 9.17) is 4.98 Å². The summed E-state index contributed by atoms with van der Waals surface area (Å²) in [4.78, 5) is 15.2. The zero-order valence-electron chi connectivity index (χ0n) is 16.6. The van der Waals surface area contributed by atoms with E-state index in [-0.39, 0.29) is 23.6 Å². The number of rotatable bonds is 4. The first-order valence-corrected chi connectivity index (χ1v) is 12.0. The van der Waals surface area contributed by atoms with E-state index in [0.717, 1.165) is 18.6 Å². The van der Waals surface area contributed by atoms with Gasteiger partial charge in [-0.1, -0.05) is 0 Å². The van der Waals surface area contributed by atoms with E-state index in [2.05, 4.69) is 15.3 Å². The molecule has 0 radical (unpaired) electrons. The third-order valence-corrected chi connectivity index (χ3v) is 7.67. The molecule has 1 N–H and O–H groups in total. The number of pyridine rings is 1. The maximum absolute atomic E-state index is 14.4. The van der Waals surface area contributed by atoms with Gasteiger partial charge in [0.1, 0.15) is 29.3 Å². The van der Waals surface area contributed by atoms with Gasteiger partial charge in [0.15, 0.2) is 15.7 Å². The van der Waals surface area contributed by atoms with Gasteiger partial charge in [-0.05, 0) is 49.6 Å². The largest absolute Gasteiger partial charge is 0.364 e. The van der Waals surface area contributed by atoms with Gasteiger partial charge in [-0.3, -0.25) is 0 Å². The molecule has 0 saturated carbocycles. The highest BCUT2D eigenvalue weighted by atomic mass is 32.2. The Kier molecular flexibility index (Phi) is 4.96. The molecule has 2 aliphatic rings. The van der Waals surface area contributed by atoms with Crippen molar-refractivity contribution in [3.05, 3.63) is 53.9 Å². The Bertz CT molecular complexity index is 1250. The third-order valence-electron chi connectivity index (χ3n) is 5.90. The molecule has 5 rings (SSSR count). The number of aromatic nitrogens is 3. The van der Waals surface area contributed by atoms with Crippen LogP contribution in [0.25, 0.3) is 11.0 Å².